The molecule has 0 radical (unpaired) electrons. The van der Waals surface area contributed by atoms with Crippen molar-refractivity contribution in [2.24, 2.45) is 0 Å². The maximum atomic E-state index is 11.8. The zero-order valence-corrected chi connectivity index (χ0v) is 10.9. The number of carbonyl (C=O) groups is 1. The lowest BCUT2D eigenvalue weighted by Gasteiger charge is -2.09. The predicted molar refractivity (Wildman–Crippen MR) is 68.7 cm³/mol. The first-order chi connectivity index (χ1) is 9.78. The molecule has 0 spiro atoms. The van der Waals surface area contributed by atoms with Crippen LogP contribution in [0, 0.1) is 10.1 Å². The fourth-order valence-electron chi connectivity index (χ4n) is 1.48. The highest BCUT2D eigenvalue weighted by Gasteiger charge is 2.27. The first-order valence-electron chi connectivity index (χ1n) is 6.05. The Hall–Kier alpha value is -2.16. The van der Waals surface area contributed by atoms with E-state index in [0.717, 1.165) is 5.56 Å². The first-order valence-corrected chi connectivity index (χ1v) is 6.05. The van der Waals surface area contributed by atoms with Gasteiger partial charge in [0.2, 0.25) is 5.91 Å². The molecule has 9 heteroatoms. The molecule has 1 aromatic carbocycles. The van der Waals surface area contributed by atoms with Gasteiger partial charge in [-0.3, -0.25) is 14.9 Å². The Kier molecular flexibility index (Phi) is 6.10. The zero-order chi connectivity index (χ0) is 15.9. The number of amides is 1. The summed E-state index contributed by atoms with van der Waals surface area (Å²) in [5.41, 5.74) is 0.807. The summed E-state index contributed by atoms with van der Waals surface area (Å²) in [5, 5.41) is 14.9. The number of rotatable bonds is 7. The molecule has 1 rings (SSSR count). The lowest BCUT2D eigenvalue weighted by atomic mass is 10.1. The second-order valence-electron chi connectivity index (χ2n) is 4.24. The molecule has 1 aromatic rings. The summed E-state index contributed by atoms with van der Waals surface area (Å²) in [6.45, 7) is -1.20. The molecule has 0 aliphatic rings. The van der Waals surface area contributed by atoms with Gasteiger partial charge < -0.3 is 10.6 Å². The van der Waals surface area contributed by atoms with E-state index in [0.29, 0.717) is 13.0 Å². The van der Waals surface area contributed by atoms with E-state index >= 15 is 0 Å². The number of nitrogens with one attached hydrogen (secondary N) is 2. The number of non-ortho nitro benzene ring substituents is 1. The Bertz CT molecular complexity index is 489. The number of alkyl halides is 3. The summed E-state index contributed by atoms with van der Waals surface area (Å²) in [7, 11) is 0. The van der Waals surface area contributed by atoms with E-state index < -0.39 is 23.6 Å². The van der Waals surface area contributed by atoms with Gasteiger partial charge in [0.15, 0.2) is 0 Å². The van der Waals surface area contributed by atoms with Crippen LogP contribution in [0.3, 0.4) is 0 Å². The summed E-state index contributed by atoms with van der Waals surface area (Å²) < 4.78 is 35.5. The average molecular weight is 305 g/mol. The van der Waals surface area contributed by atoms with Gasteiger partial charge in [0.25, 0.3) is 5.69 Å². The number of carbonyl (C=O) groups excluding carboxylic acids is 1. The molecule has 116 valence electrons. The Balaban J connectivity index is 2.22. The van der Waals surface area contributed by atoms with Gasteiger partial charge >= 0.3 is 6.18 Å². The summed E-state index contributed by atoms with van der Waals surface area (Å²) in [5.74, 6) is -0.740. The third-order valence-corrected chi connectivity index (χ3v) is 2.51. The Labute approximate surface area is 118 Å². The van der Waals surface area contributed by atoms with Crippen LogP contribution in [0.4, 0.5) is 18.9 Å². The maximum Gasteiger partial charge on any atom is 0.405 e. The number of hydrogen-bond acceptors (Lipinski definition) is 4. The highest BCUT2D eigenvalue weighted by molar-refractivity contribution is 5.77. The van der Waals surface area contributed by atoms with Crippen LogP contribution >= 0.6 is 0 Å². The van der Waals surface area contributed by atoms with E-state index in [1.54, 1.807) is 17.4 Å². The molecule has 0 fully saturated rings. The second kappa shape index (κ2) is 7.58. The van der Waals surface area contributed by atoms with Crippen molar-refractivity contribution < 1.29 is 22.9 Å². The SMILES string of the molecule is O=C(CNCCc1ccc([N+](=O)[O-])cc1)NCC(F)(F)F. The van der Waals surface area contributed by atoms with Crippen molar-refractivity contribution in [1.29, 1.82) is 0 Å². The zero-order valence-electron chi connectivity index (χ0n) is 10.9. The molecule has 0 heterocycles. The fourth-order valence-corrected chi connectivity index (χ4v) is 1.48. The van der Waals surface area contributed by atoms with Crippen LogP contribution in [0.5, 0.6) is 0 Å². The van der Waals surface area contributed by atoms with E-state index in [1.165, 1.54) is 12.1 Å². The minimum atomic E-state index is -4.42. The van der Waals surface area contributed by atoms with Crippen LogP contribution in [0.1, 0.15) is 5.56 Å². The monoisotopic (exact) mass is 305 g/mol. The van der Waals surface area contributed by atoms with Gasteiger partial charge in [-0.05, 0) is 18.5 Å². The molecule has 0 unspecified atom stereocenters. The third-order valence-electron chi connectivity index (χ3n) is 2.51. The van der Waals surface area contributed by atoms with Gasteiger partial charge in [0.05, 0.1) is 11.5 Å². The van der Waals surface area contributed by atoms with Gasteiger partial charge in [-0.15, -0.1) is 0 Å². The Morgan fingerprint density at radius 1 is 1.24 bits per heavy atom. The third kappa shape index (κ3) is 7.25. The van der Waals surface area contributed by atoms with E-state index in [9.17, 15) is 28.1 Å². The molecule has 6 nitrogen and oxygen atoms in total. The van der Waals surface area contributed by atoms with Crippen LogP contribution < -0.4 is 10.6 Å². The van der Waals surface area contributed by atoms with Gasteiger partial charge in [0, 0.05) is 12.1 Å². The summed E-state index contributed by atoms with van der Waals surface area (Å²) in [6.07, 6.45) is -3.92. The molecule has 0 aliphatic heterocycles. The summed E-state index contributed by atoms with van der Waals surface area (Å²) >= 11 is 0. The number of benzene rings is 1. The quantitative estimate of drug-likeness (QED) is 0.453. The molecule has 0 saturated carbocycles. The molecule has 0 atom stereocenters. The molecule has 21 heavy (non-hydrogen) atoms. The highest BCUT2D eigenvalue weighted by atomic mass is 19.4. The molecular weight excluding hydrogens is 291 g/mol. The van der Waals surface area contributed by atoms with Crippen LogP contribution in [-0.4, -0.2) is 36.6 Å². The van der Waals surface area contributed by atoms with E-state index in [-0.39, 0.29) is 12.2 Å². The topological polar surface area (TPSA) is 84.3 Å². The van der Waals surface area contributed by atoms with Gasteiger partial charge in [-0.1, -0.05) is 12.1 Å². The molecule has 2 N–H and O–H groups in total. The highest BCUT2D eigenvalue weighted by Crippen LogP contribution is 2.12. The smallest absolute Gasteiger partial charge is 0.346 e. The van der Waals surface area contributed by atoms with Crippen molar-refractivity contribution in [3.63, 3.8) is 0 Å². The number of hydrogen-bond donors (Lipinski definition) is 2. The van der Waals surface area contributed by atoms with Crippen molar-refractivity contribution in [2.75, 3.05) is 19.6 Å². The number of halogens is 3. The lowest BCUT2D eigenvalue weighted by molar-refractivity contribution is -0.384. The van der Waals surface area contributed by atoms with Crippen molar-refractivity contribution in [2.45, 2.75) is 12.6 Å². The minimum Gasteiger partial charge on any atom is -0.346 e. The fraction of sp³-hybridized carbons (Fsp3) is 0.417. The average Bonchev–Trinajstić information content (AvgIpc) is 2.41. The Morgan fingerprint density at radius 2 is 1.86 bits per heavy atom. The van der Waals surface area contributed by atoms with Gasteiger partial charge in [0.1, 0.15) is 6.54 Å². The van der Waals surface area contributed by atoms with Crippen LogP contribution in [-0.2, 0) is 11.2 Å². The standard InChI is InChI=1S/C12H14F3N3O3/c13-12(14,15)8-17-11(19)7-16-6-5-9-1-3-10(4-2-9)18(20)21/h1-4,16H,5-8H2,(H,17,19). The van der Waals surface area contributed by atoms with Gasteiger partial charge in [-0.25, -0.2) is 0 Å². The second-order valence-corrected chi connectivity index (χ2v) is 4.24. The number of nitro benzene ring substituents is 1. The molecule has 1 amide bonds. The van der Waals surface area contributed by atoms with Crippen molar-refractivity contribution in [3.05, 3.63) is 39.9 Å². The summed E-state index contributed by atoms with van der Waals surface area (Å²) in [6, 6.07) is 5.91. The largest absolute Gasteiger partial charge is 0.405 e. The van der Waals surface area contributed by atoms with Crippen molar-refractivity contribution in [1.82, 2.24) is 10.6 Å². The van der Waals surface area contributed by atoms with E-state index in [1.807, 2.05) is 0 Å². The molecule has 0 aliphatic carbocycles. The Morgan fingerprint density at radius 3 is 2.38 bits per heavy atom. The first kappa shape index (κ1) is 16.9. The number of nitrogens with zero attached hydrogens (tertiary/aromatic N) is 1. The number of nitro groups is 1. The molecular formula is C12H14F3N3O3. The van der Waals surface area contributed by atoms with Crippen molar-refractivity contribution >= 4 is 11.6 Å². The van der Waals surface area contributed by atoms with Crippen molar-refractivity contribution in [3.8, 4) is 0 Å². The van der Waals surface area contributed by atoms with E-state index in [4.69, 9.17) is 0 Å². The minimum absolute atomic E-state index is 0.0155. The lowest BCUT2D eigenvalue weighted by Crippen LogP contribution is -2.39. The maximum absolute atomic E-state index is 11.8. The predicted octanol–water partition coefficient (Wildman–Crippen LogP) is 1.41. The van der Waals surface area contributed by atoms with Crippen LogP contribution in [0.25, 0.3) is 0 Å². The molecule has 0 aromatic heterocycles. The van der Waals surface area contributed by atoms with E-state index in [2.05, 4.69) is 5.32 Å². The molecule has 0 saturated heterocycles. The molecule has 0 bridgehead atoms. The summed E-state index contributed by atoms with van der Waals surface area (Å²) in [4.78, 5) is 21.0. The normalized spacial score (nSPS) is 11.2. The van der Waals surface area contributed by atoms with Crippen LogP contribution in [0.2, 0.25) is 0 Å². The van der Waals surface area contributed by atoms with Gasteiger partial charge in [-0.2, -0.15) is 13.2 Å². The van der Waals surface area contributed by atoms with Crippen LogP contribution in [0.15, 0.2) is 24.3 Å².